The van der Waals surface area contributed by atoms with Gasteiger partial charge in [0, 0.05) is 49.6 Å². The molecule has 2 aliphatic heterocycles. The van der Waals surface area contributed by atoms with Gasteiger partial charge in [0.05, 0.1) is 24.1 Å². The van der Waals surface area contributed by atoms with Crippen LogP contribution in [0.25, 0.3) is 5.69 Å². The lowest BCUT2D eigenvalue weighted by molar-refractivity contribution is -0.179. The number of carbonyl (C=O) groups excluding carboxylic acids is 1. The van der Waals surface area contributed by atoms with Gasteiger partial charge in [0.2, 0.25) is 0 Å². The van der Waals surface area contributed by atoms with Crippen LogP contribution in [-0.4, -0.2) is 46.9 Å². The van der Waals surface area contributed by atoms with Crippen molar-refractivity contribution in [3.63, 3.8) is 0 Å². The summed E-state index contributed by atoms with van der Waals surface area (Å²) in [5, 5.41) is 4.24. The van der Waals surface area contributed by atoms with Crippen LogP contribution in [-0.2, 0) is 26.1 Å². The summed E-state index contributed by atoms with van der Waals surface area (Å²) in [6.45, 7) is 4.29. The number of aromatic nitrogens is 5. The van der Waals surface area contributed by atoms with Crippen LogP contribution in [0.15, 0.2) is 35.6 Å². The van der Waals surface area contributed by atoms with E-state index in [-0.39, 0.29) is 55.7 Å². The van der Waals surface area contributed by atoms with Crippen LogP contribution in [0.1, 0.15) is 40.8 Å². The number of nitrogens with zero attached hydrogens (tertiary/aromatic N) is 6. The van der Waals surface area contributed by atoms with Crippen molar-refractivity contribution in [1.82, 2.24) is 28.8 Å². The predicted molar refractivity (Wildman–Crippen MR) is 112 cm³/mol. The van der Waals surface area contributed by atoms with E-state index in [4.69, 9.17) is 0 Å². The maximum absolute atomic E-state index is 13.3. The van der Waals surface area contributed by atoms with E-state index in [1.54, 1.807) is 45.0 Å². The average molecular weight is 460 g/mol. The van der Waals surface area contributed by atoms with E-state index in [0.29, 0.717) is 16.9 Å². The monoisotopic (exact) mass is 460 g/mol. The highest BCUT2D eigenvalue weighted by molar-refractivity contribution is 5.93. The SMILES string of the molecule is Cc1cn(-c2ccc3n(c2=O)CC(C)N(Cc2cnn4c2CC(C(F)(F)F)CC4)C3=O)cn1. The number of aryl methyl sites for hydroxylation is 2. The van der Waals surface area contributed by atoms with E-state index in [2.05, 4.69) is 10.1 Å². The van der Waals surface area contributed by atoms with Crippen LogP contribution in [0.5, 0.6) is 0 Å². The number of hydrogen-bond acceptors (Lipinski definition) is 4. The molecule has 0 bridgehead atoms. The molecule has 2 aliphatic rings. The standard InChI is InChI=1S/C22H23F3N6O2/c1-13-9-28(12-26-13)17-3-4-18-21(33)29(14(2)10-30(18)20(17)32)11-15-8-27-31-6-5-16(7-19(15)31)22(23,24)25/h3-4,8-9,12,14,16H,5-7,10-11H2,1-2H3. The van der Waals surface area contributed by atoms with Gasteiger partial charge in [-0.3, -0.25) is 14.3 Å². The molecule has 0 saturated carbocycles. The number of alkyl halides is 3. The molecule has 0 spiro atoms. The summed E-state index contributed by atoms with van der Waals surface area (Å²) in [7, 11) is 0. The molecule has 8 nitrogen and oxygen atoms in total. The minimum Gasteiger partial charge on any atom is -0.328 e. The molecule has 0 N–H and O–H groups in total. The normalized spacial score (nSPS) is 20.6. The summed E-state index contributed by atoms with van der Waals surface area (Å²) >= 11 is 0. The zero-order chi connectivity index (χ0) is 23.5. The molecule has 0 fully saturated rings. The van der Waals surface area contributed by atoms with Crippen LogP contribution in [0.3, 0.4) is 0 Å². The fourth-order valence-corrected chi connectivity index (χ4v) is 4.71. The summed E-state index contributed by atoms with van der Waals surface area (Å²) in [6.07, 6.45) is 0.454. The Morgan fingerprint density at radius 1 is 1.21 bits per heavy atom. The van der Waals surface area contributed by atoms with E-state index in [9.17, 15) is 22.8 Å². The van der Waals surface area contributed by atoms with E-state index < -0.39 is 12.1 Å². The number of halogens is 3. The largest absolute Gasteiger partial charge is 0.392 e. The Hall–Kier alpha value is -3.37. The summed E-state index contributed by atoms with van der Waals surface area (Å²) in [4.78, 5) is 32.1. The van der Waals surface area contributed by atoms with Gasteiger partial charge in [0.25, 0.3) is 11.5 Å². The first-order valence-electron chi connectivity index (χ1n) is 10.8. The zero-order valence-corrected chi connectivity index (χ0v) is 18.2. The first kappa shape index (κ1) is 21.5. The molecule has 0 saturated heterocycles. The van der Waals surface area contributed by atoms with Gasteiger partial charge in [0.1, 0.15) is 11.4 Å². The number of imidazole rings is 1. The minimum atomic E-state index is -4.26. The molecule has 5 heterocycles. The topological polar surface area (TPSA) is 78.0 Å². The fraction of sp³-hybridized carbons (Fsp3) is 0.455. The second kappa shape index (κ2) is 7.60. The summed E-state index contributed by atoms with van der Waals surface area (Å²) in [6, 6.07) is 2.89. The van der Waals surface area contributed by atoms with Gasteiger partial charge >= 0.3 is 6.18 Å². The van der Waals surface area contributed by atoms with Crippen molar-refractivity contribution >= 4 is 5.91 Å². The maximum atomic E-state index is 13.3. The summed E-state index contributed by atoms with van der Waals surface area (Å²) in [5.41, 5.74) is 2.28. The minimum absolute atomic E-state index is 0.00569. The molecule has 0 aromatic carbocycles. The third-order valence-corrected chi connectivity index (χ3v) is 6.57. The third-order valence-electron chi connectivity index (χ3n) is 6.57. The zero-order valence-electron chi connectivity index (χ0n) is 18.2. The van der Waals surface area contributed by atoms with Gasteiger partial charge in [-0.25, -0.2) is 4.98 Å². The van der Waals surface area contributed by atoms with Crippen molar-refractivity contribution in [1.29, 1.82) is 0 Å². The van der Waals surface area contributed by atoms with Gasteiger partial charge in [-0.05, 0) is 32.4 Å². The smallest absolute Gasteiger partial charge is 0.328 e. The number of hydrogen-bond donors (Lipinski definition) is 0. The lowest BCUT2D eigenvalue weighted by atomic mass is 9.93. The average Bonchev–Trinajstić information content (AvgIpc) is 3.37. The van der Waals surface area contributed by atoms with Crippen molar-refractivity contribution in [3.05, 3.63) is 63.9 Å². The molecule has 0 aliphatic carbocycles. The Morgan fingerprint density at radius 2 is 2.00 bits per heavy atom. The molecule has 174 valence electrons. The second-order valence-corrected chi connectivity index (χ2v) is 8.79. The lowest BCUT2D eigenvalue weighted by Gasteiger charge is -2.36. The Balaban J connectivity index is 1.43. The predicted octanol–water partition coefficient (Wildman–Crippen LogP) is 2.71. The van der Waals surface area contributed by atoms with E-state index in [1.165, 1.54) is 4.57 Å². The van der Waals surface area contributed by atoms with Crippen LogP contribution in [0.4, 0.5) is 13.2 Å². The van der Waals surface area contributed by atoms with Gasteiger partial charge < -0.3 is 14.0 Å². The molecule has 3 aromatic rings. The van der Waals surface area contributed by atoms with Crippen molar-refractivity contribution in [3.8, 4) is 5.69 Å². The molecule has 2 atom stereocenters. The van der Waals surface area contributed by atoms with Crippen LogP contribution in [0.2, 0.25) is 0 Å². The third kappa shape index (κ3) is 3.65. The van der Waals surface area contributed by atoms with E-state index in [1.807, 2.05) is 13.8 Å². The molecular weight excluding hydrogens is 437 g/mol. The lowest BCUT2D eigenvalue weighted by Crippen LogP contribution is -2.49. The van der Waals surface area contributed by atoms with Gasteiger partial charge in [-0.15, -0.1) is 0 Å². The number of amides is 1. The van der Waals surface area contributed by atoms with Gasteiger partial charge in [0.15, 0.2) is 0 Å². The Labute approximate surface area is 187 Å². The van der Waals surface area contributed by atoms with Crippen molar-refractivity contribution in [2.75, 3.05) is 0 Å². The molecule has 0 radical (unpaired) electrons. The molecule has 1 amide bonds. The highest BCUT2D eigenvalue weighted by Crippen LogP contribution is 2.36. The number of rotatable bonds is 3. The Morgan fingerprint density at radius 3 is 2.70 bits per heavy atom. The van der Waals surface area contributed by atoms with Crippen molar-refractivity contribution < 1.29 is 18.0 Å². The molecule has 11 heteroatoms. The van der Waals surface area contributed by atoms with Crippen molar-refractivity contribution in [2.24, 2.45) is 5.92 Å². The molecular formula is C22H23F3N6O2. The molecule has 3 aromatic heterocycles. The maximum Gasteiger partial charge on any atom is 0.392 e. The Kier molecular flexibility index (Phi) is 4.95. The van der Waals surface area contributed by atoms with Gasteiger partial charge in [-0.2, -0.15) is 18.3 Å². The van der Waals surface area contributed by atoms with Crippen LogP contribution >= 0.6 is 0 Å². The summed E-state index contributed by atoms with van der Waals surface area (Å²) in [5.74, 6) is -1.73. The van der Waals surface area contributed by atoms with Crippen LogP contribution < -0.4 is 5.56 Å². The molecule has 33 heavy (non-hydrogen) atoms. The quantitative estimate of drug-likeness (QED) is 0.602. The number of carbonyl (C=O) groups is 1. The molecule has 2 unspecified atom stereocenters. The first-order valence-corrected chi connectivity index (χ1v) is 10.8. The van der Waals surface area contributed by atoms with Gasteiger partial charge in [-0.1, -0.05) is 0 Å². The number of pyridine rings is 1. The highest BCUT2D eigenvalue weighted by atomic mass is 19.4. The Bertz CT molecular complexity index is 1290. The number of fused-ring (bicyclic) bond motifs is 2. The second-order valence-electron chi connectivity index (χ2n) is 8.79. The summed E-state index contributed by atoms with van der Waals surface area (Å²) < 4.78 is 44.5. The first-order chi connectivity index (χ1) is 15.6. The molecule has 5 rings (SSSR count). The van der Waals surface area contributed by atoms with E-state index >= 15 is 0 Å². The van der Waals surface area contributed by atoms with Crippen LogP contribution in [0, 0.1) is 12.8 Å². The fourth-order valence-electron chi connectivity index (χ4n) is 4.71. The highest BCUT2D eigenvalue weighted by Gasteiger charge is 2.42. The van der Waals surface area contributed by atoms with Crippen molar-refractivity contribution in [2.45, 2.75) is 58.5 Å². The van der Waals surface area contributed by atoms with E-state index in [0.717, 1.165) is 5.69 Å².